The zero-order chi connectivity index (χ0) is 12.5. The third-order valence-electron chi connectivity index (χ3n) is 4.06. The van der Waals surface area contributed by atoms with Crippen LogP contribution in [0.1, 0.15) is 44.6 Å². The third-order valence-corrected chi connectivity index (χ3v) is 4.30. The van der Waals surface area contributed by atoms with Gasteiger partial charge in [-0.15, -0.1) is 0 Å². The van der Waals surface area contributed by atoms with Crippen LogP contribution in [0.4, 0.5) is 0 Å². The summed E-state index contributed by atoms with van der Waals surface area (Å²) in [5.74, 6) is 1.09. The van der Waals surface area contributed by atoms with Gasteiger partial charge in [0.05, 0.1) is 11.5 Å². The molecule has 1 aromatic carbocycles. The summed E-state index contributed by atoms with van der Waals surface area (Å²) < 4.78 is 0. The normalized spacial score (nSPS) is 24.6. The molecule has 0 N–H and O–H groups in total. The number of hydrogen-bond donors (Lipinski definition) is 0. The second-order valence-electron chi connectivity index (χ2n) is 5.60. The van der Waals surface area contributed by atoms with Gasteiger partial charge in [-0.25, -0.2) is 0 Å². The second-order valence-corrected chi connectivity index (χ2v) is 6.03. The van der Waals surface area contributed by atoms with Crippen LogP contribution in [-0.4, -0.2) is 0 Å². The molecule has 2 heteroatoms. The molecule has 1 saturated carbocycles. The molecule has 0 spiro atoms. The fourth-order valence-corrected chi connectivity index (χ4v) is 2.99. The zero-order valence-electron chi connectivity index (χ0n) is 10.4. The van der Waals surface area contributed by atoms with E-state index in [9.17, 15) is 5.26 Å². The van der Waals surface area contributed by atoms with E-state index in [1.54, 1.807) is 0 Å². The van der Waals surface area contributed by atoms with Crippen LogP contribution in [0.25, 0.3) is 0 Å². The number of hydrogen-bond acceptors (Lipinski definition) is 1. The van der Waals surface area contributed by atoms with E-state index in [0.717, 1.165) is 17.9 Å². The van der Waals surface area contributed by atoms with E-state index in [4.69, 9.17) is 11.6 Å². The molecule has 0 bridgehead atoms. The van der Waals surface area contributed by atoms with Gasteiger partial charge in [0.25, 0.3) is 0 Å². The lowest BCUT2D eigenvalue weighted by molar-refractivity contribution is 0.297. The Balaban J connectivity index is 2.11. The molecule has 1 nitrogen and oxygen atoms in total. The van der Waals surface area contributed by atoms with E-state index in [1.807, 2.05) is 12.1 Å². The Hall–Kier alpha value is -1.00. The molecule has 1 aliphatic carbocycles. The summed E-state index contributed by atoms with van der Waals surface area (Å²) in [4.78, 5) is 0. The van der Waals surface area contributed by atoms with Crippen LogP contribution in [-0.2, 0) is 0 Å². The highest BCUT2D eigenvalue weighted by molar-refractivity contribution is 6.30. The quantitative estimate of drug-likeness (QED) is 0.738. The van der Waals surface area contributed by atoms with Gasteiger partial charge in [-0.05, 0) is 62.6 Å². The summed E-state index contributed by atoms with van der Waals surface area (Å²) in [5.41, 5.74) is 1.13. The van der Waals surface area contributed by atoms with Gasteiger partial charge in [0.1, 0.15) is 0 Å². The van der Waals surface area contributed by atoms with Crippen molar-refractivity contribution in [2.45, 2.75) is 39.0 Å². The van der Waals surface area contributed by atoms with Crippen molar-refractivity contribution in [1.29, 1.82) is 5.26 Å². The topological polar surface area (TPSA) is 23.8 Å². The van der Waals surface area contributed by atoms with E-state index >= 15 is 0 Å². The fourth-order valence-electron chi connectivity index (χ4n) is 2.79. The minimum Gasteiger partial charge on any atom is -0.198 e. The Morgan fingerprint density at radius 1 is 1.35 bits per heavy atom. The highest BCUT2D eigenvalue weighted by Gasteiger charge is 2.36. The molecule has 0 unspecified atom stereocenters. The lowest BCUT2D eigenvalue weighted by Crippen LogP contribution is -2.19. The summed E-state index contributed by atoms with van der Waals surface area (Å²) in [6, 6.07) is 10.6. The van der Waals surface area contributed by atoms with Crippen molar-refractivity contribution < 1.29 is 0 Å². The first-order valence-corrected chi connectivity index (χ1v) is 6.57. The number of rotatable bonds is 2. The van der Waals surface area contributed by atoms with Gasteiger partial charge >= 0.3 is 0 Å². The number of halogens is 1. The predicted octanol–water partition coefficient (Wildman–Crippen LogP) is 4.77. The first-order chi connectivity index (χ1) is 8.03. The number of nitriles is 1. The van der Waals surface area contributed by atoms with Crippen LogP contribution in [0.3, 0.4) is 0 Å². The van der Waals surface area contributed by atoms with E-state index in [1.165, 1.54) is 12.0 Å². The van der Waals surface area contributed by atoms with Crippen LogP contribution in [0.2, 0.25) is 5.02 Å². The summed E-state index contributed by atoms with van der Waals surface area (Å²) in [7, 11) is 0. The number of benzene rings is 1. The van der Waals surface area contributed by atoms with Crippen molar-refractivity contribution in [2.75, 3.05) is 0 Å². The smallest absolute Gasteiger partial charge is 0.0686 e. The van der Waals surface area contributed by atoms with Crippen molar-refractivity contribution in [3.05, 3.63) is 34.9 Å². The van der Waals surface area contributed by atoms with Gasteiger partial charge in [0, 0.05) is 5.02 Å². The summed E-state index contributed by atoms with van der Waals surface area (Å²) >= 11 is 6.02. The van der Waals surface area contributed by atoms with Gasteiger partial charge in [0.15, 0.2) is 0 Å². The molecule has 1 aliphatic rings. The first-order valence-electron chi connectivity index (χ1n) is 6.19. The molecular formula is C15H18ClN. The van der Waals surface area contributed by atoms with Crippen molar-refractivity contribution in [3.63, 3.8) is 0 Å². The standard InChI is InChI=1S/C15H18ClN/c1-15(2,10-17)13-7-6-12(8-13)11-4-3-5-14(16)9-11/h3-5,9,12-13H,6-8H2,1-2H3/t12-,13-/m1/s1. The van der Waals surface area contributed by atoms with Crippen LogP contribution in [0, 0.1) is 22.7 Å². The zero-order valence-corrected chi connectivity index (χ0v) is 11.2. The summed E-state index contributed by atoms with van der Waals surface area (Å²) in [5, 5.41) is 9.99. The highest BCUT2D eigenvalue weighted by atomic mass is 35.5. The summed E-state index contributed by atoms with van der Waals surface area (Å²) in [6.45, 7) is 4.11. The van der Waals surface area contributed by atoms with Crippen molar-refractivity contribution in [3.8, 4) is 6.07 Å². The minimum atomic E-state index is -0.201. The predicted molar refractivity (Wildman–Crippen MR) is 70.9 cm³/mol. The Bertz CT molecular complexity index is 444. The molecule has 1 fully saturated rings. The van der Waals surface area contributed by atoms with E-state index in [2.05, 4.69) is 32.0 Å². The first kappa shape index (κ1) is 12.5. The number of nitrogens with zero attached hydrogens (tertiary/aromatic N) is 1. The average molecular weight is 248 g/mol. The van der Waals surface area contributed by atoms with Crippen LogP contribution in [0.15, 0.2) is 24.3 Å². The second kappa shape index (κ2) is 4.70. The van der Waals surface area contributed by atoms with E-state index in [0.29, 0.717) is 11.8 Å². The van der Waals surface area contributed by atoms with Gasteiger partial charge in [-0.1, -0.05) is 23.7 Å². The molecule has 2 rings (SSSR count). The Kier molecular flexibility index (Phi) is 3.45. The molecule has 0 saturated heterocycles. The maximum Gasteiger partial charge on any atom is 0.0686 e. The Labute approximate surface area is 108 Å². The molecule has 0 heterocycles. The molecule has 1 aromatic rings. The van der Waals surface area contributed by atoms with Gasteiger partial charge < -0.3 is 0 Å². The maximum atomic E-state index is 9.18. The largest absolute Gasteiger partial charge is 0.198 e. The van der Waals surface area contributed by atoms with Gasteiger partial charge in [0.2, 0.25) is 0 Å². The Morgan fingerprint density at radius 3 is 2.76 bits per heavy atom. The molecule has 90 valence electrons. The van der Waals surface area contributed by atoms with Gasteiger partial charge in [-0.3, -0.25) is 0 Å². The molecule has 0 radical (unpaired) electrons. The highest BCUT2D eigenvalue weighted by Crippen LogP contribution is 2.46. The Morgan fingerprint density at radius 2 is 2.12 bits per heavy atom. The minimum absolute atomic E-state index is 0.201. The van der Waals surface area contributed by atoms with Crippen molar-refractivity contribution in [1.82, 2.24) is 0 Å². The third kappa shape index (κ3) is 2.64. The molecule has 2 atom stereocenters. The molecule has 0 amide bonds. The van der Waals surface area contributed by atoms with Gasteiger partial charge in [-0.2, -0.15) is 5.26 Å². The lowest BCUT2D eigenvalue weighted by atomic mass is 9.78. The molecule has 0 aliphatic heterocycles. The van der Waals surface area contributed by atoms with E-state index < -0.39 is 0 Å². The van der Waals surface area contributed by atoms with Crippen molar-refractivity contribution in [2.24, 2.45) is 11.3 Å². The lowest BCUT2D eigenvalue weighted by Gasteiger charge is -2.23. The summed E-state index contributed by atoms with van der Waals surface area (Å²) in [6.07, 6.45) is 3.44. The fraction of sp³-hybridized carbons (Fsp3) is 0.533. The van der Waals surface area contributed by atoms with Crippen LogP contribution >= 0.6 is 11.6 Å². The van der Waals surface area contributed by atoms with Crippen LogP contribution < -0.4 is 0 Å². The molecular weight excluding hydrogens is 230 g/mol. The SMILES string of the molecule is CC(C)(C#N)[C@@H]1CC[C@@H](c2cccc(Cl)c2)C1. The average Bonchev–Trinajstić information content (AvgIpc) is 2.79. The molecule has 0 aromatic heterocycles. The van der Waals surface area contributed by atoms with Crippen LogP contribution in [0.5, 0.6) is 0 Å². The monoisotopic (exact) mass is 247 g/mol. The molecule has 17 heavy (non-hydrogen) atoms. The van der Waals surface area contributed by atoms with Crippen molar-refractivity contribution >= 4 is 11.6 Å². The maximum absolute atomic E-state index is 9.18. The van der Waals surface area contributed by atoms with E-state index in [-0.39, 0.29) is 5.41 Å².